The predicted octanol–water partition coefficient (Wildman–Crippen LogP) is 5.25. The van der Waals surface area contributed by atoms with Crippen molar-refractivity contribution >= 4 is 21.6 Å². The van der Waals surface area contributed by atoms with Crippen molar-refractivity contribution in [1.29, 1.82) is 0 Å². The van der Waals surface area contributed by atoms with Crippen LogP contribution >= 0.6 is 15.9 Å². The molecule has 2 nitrogen and oxygen atoms in total. The van der Waals surface area contributed by atoms with Gasteiger partial charge in [0, 0.05) is 21.5 Å². The average molecular weight is 333 g/mol. The van der Waals surface area contributed by atoms with Crippen LogP contribution in [0.4, 0.5) is 5.69 Å². The number of aryl methyl sites for hydroxylation is 4. The van der Waals surface area contributed by atoms with Gasteiger partial charge in [-0.05, 0) is 85.4 Å². The molecule has 0 fully saturated rings. The summed E-state index contributed by atoms with van der Waals surface area (Å²) in [6, 6.07) is 8.71. The molecular formula is C17H21BrN2. The molecule has 0 aliphatic rings. The van der Waals surface area contributed by atoms with E-state index in [4.69, 9.17) is 0 Å². The van der Waals surface area contributed by atoms with E-state index in [-0.39, 0.29) is 6.04 Å². The normalized spacial score (nSPS) is 12.3. The molecule has 1 unspecified atom stereocenters. The van der Waals surface area contributed by atoms with Crippen molar-refractivity contribution < 1.29 is 0 Å². The second-order valence-corrected chi connectivity index (χ2v) is 6.28. The second-order valence-electron chi connectivity index (χ2n) is 5.43. The van der Waals surface area contributed by atoms with Crippen LogP contribution in [-0.4, -0.2) is 4.98 Å². The van der Waals surface area contributed by atoms with Gasteiger partial charge in [0.1, 0.15) is 0 Å². The number of pyridine rings is 1. The Morgan fingerprint density at radius 3 is 2.45 bits per heavy atom. The number of rotatable bonds is 3. The number of nitrogens with zero attached hydrogens (tertiary/aromatic N) is 1. The summed E-state index contributed by atoms with van der Waals surface area (Å²) in [5.74, 6) is 0. The van der Waals surface area contributed by atoms with E-state index in [1.807, 2.05) is 6.92 Å². The third kappa shape index (κ3) is 3.21. The highest BCUT2D eigenvalue weighted by atomic mass is 79.9. The molecule has 0 spiro atoms. The molecule has 0 saturated heterocycles. The summed E-state index contributed by atoms with van der Waals surface area (Å²) in [6.45, 7) is 10.6. The van der Waals surface area contributed by atoms with Crippen molar-refractivity contribution in [2.45, 2.75) is 40.7 Å². The lowest BCUT2D eigenvalue weighted by Crippen LogP contribution is -2.12. The van der Waals surface area contributed by atoms with E-state index in [0.29, 0.717) is 0 Å². The van der Waals surface area contributed by atoms with Gasteiger partial charge in [-0.1, -0.05) is 6.07 Å². The summed E-state index contributed by atoms with van der Waals surface area (Å²) in [5.41, 5.74) is 7.12. The lowest BCUT2D eigenvalue weighted by molar-refractivity contribution is 0.842. The molecule has 2 aromatic rings. The minimum atomic E-state index is 0.223. The van der Waals surface area contributed by atoms with Crippen LogP contribution in [0.2, 0.25) is 0 Å². The van der Waals surface area contributed by atoms with Crippen molar-refractivity contribution in [3.05, 3.63) is 56.8 Å². The van der Waals surface area contributed by atoms with Crippen molar-refractivity contribution in [2.24, 2.45) is 0 Å². The Kier molecular flexibility index (Phi) is 4.48. The molecule has 3 heteroatoms. The van der Waals surface area contributed by atoms with Gasteiger partial charge in [0.05, 0.1) is 6.04 Å². The fourth-order valence-electron chi connectivity index (χ4n) is 2.74. The molecule has 20 heavy (non-hydrogen) atoms. The van der Waals surface area contributed by atoms with Gasteiger partial charge in [-0.3, -0.25) is 4.98 Å². The molecule has 0 amide bonds. The first-order chi connectivity index (χ1) is 9.38. The topological polar surface area (TPSA) is 24.9 Å². The zero-order valence-electron chi connectivity index (χ0n) is 12.7. The maximum atomic E-state index is 4.59. The zero-order chi connectivity index (χ0) is 14.9. The van der Waals surface area contributed by atoms with Crippen molar-refractivity contribution in [1.82, 2.24) is 4.98 Å². The van der Waals surface area contributed by atoms with E-state index >= 15 is 0 Å². The van der Waals surface area contributed by atoms with Crippen LogP contribution in [-0.2, 0) is 0 Å². The van der Waals surface area contributed by atoms with E-state index < -0.39 is 0 Å². The fourth-order valence-corrected chi connectivity index (χ4v) is 3.10. The van der Waals surface area contributed by atoms with Crippen LogP contribution in [0.25, 0.3) is 0 Å². The molecule has 1 aromatic heterocycles. The van der Waals surface area contributed by atoms with E-state index in [1.54, 1.807) is 0 Å². The smallest absolute Gasteiger partial charge is 0.0506 e. The Balaban J connectivity index is 2.33. The molecule has 1 atom stereocenters. The van der Waals surface area contributed by atoms with Gasteiger partial charge in [-0.2, -0.15) is 0 Å². The van der Waals surface area contributed by atoms with Gasteiger partial charge in [0.2, 0.25) is 0 Å². The number of hydrogen-bond acceptors (Lipinski definition) is 2. The molecule has 0 saturated carbocycles. The van der Waals surface area contributed by atoms with Crippen molar-refractivity contribution in [3.8, 4) is 0 Å². The highest BCUT2D eigenvalue weighted by molar-refractivity contribution is 9.10. The number of halogens is 1. The Hall–Kier alpha value is -1.35. The molecule has 0 bridgehead atoms. The van der Waals surface area contributed by atoms with E-state index in [2.05, 4.69) is 78.2 Å². The number of benzene rings is 1. The molecular weight excluding hydrogens is 312 g/mol. The first-order valence-corrected chi connectivity index (χ1v) is 7.65. The van der Waals surface area contributed by atoms with Crippen molar-refractivity contribution in [2.75, 3.05) is 5.32 Å². The maximum Gasteiger partial charge on any atom is 0.0506 e. The third-order valence-electron chi connectivity index (χ3n) is 3.51. The van der Waals surface area contributed by atoms with Gasteiger partial charge in [0.25, 0.3) is 0 Å². The molecule has 1 N–H and O–H groups in total. The van der Waals surface area contributed by atoms with Gasteiger partial charge < -0.3 is 5.32 Å². The molecule has 0 aliphatic carbocycles. The third-order valence-corrected chi connectivity index (χ3v) is 4.20. The minimum absolute atomic E-state index is 0.223. The molecule has 106 valence electrons. The highest BCUT2D eigenvalue weighted by Gasteiger charge is 2.14. The SMILES string of the molecule is Cc1ccc(Br)c(NC(C)c2c(C)cc(C)nc2C)c1. The molecule has 0 aliphatic heterocycles. The fraction of sp³-hybridized carbons (Fsp3) is 0.353. The Labute approximate surface area is 129 Å². The van der Waals surface area contributed by atoms with Crippen molar-refractivity contribution in [3.63, 3.8) is 0 Å². The van der Waals surface area contributed by atoms with Crippen LogP contribution in [0.3, 0.4) is 0 Å². The summed E-state index contributed by atoms with van der Waals surface area (Å²) in [6.07, 6.45) is 0. The van der Waals surface area contributed by atoms with E-state index in [9.17, 15) is 0 Å². The first-order valence-electron chi connectivity index (χ1n) is 6.86. The number of anilines is 1. The lowest BCUT2D eigenvalue weighted by Gasteiger charge is -2.21. The first kappa shape index (κ1) is 15.0. The van der Waals surface area contributed by atoms with Gasteiger partial charge in [-0.25, -0.2) is 0 Å². The second kappa shape index (κ2) is 5.96. The summed E-state index contributed by atoms with van der Waals surface area (Å²) < 4.78 is 1.09. The molecule has 1 heterocycles. The lowest BCUT2D eigenvalue weighted by atomic mass is 10.00. The Morgan fingerprint density at radius 2 is 1.80 bits per heavy atom. The van der Waals surface area contributed by atoms with Crippen LogP contribution < -0.4 is 5.32 Å². The number of hydrogen-bond donors (Lipinski definition) is 1. The Morgan fingerprint density at radius 1 is 1.10 bits per heavy atom. The van der Waals surface area contributed by atoms with E-state index in [0.717, 1.165) is 21.5 Å². The van der Waals surface area contributed by atoms with Gasteiger partial charge in [-0.15, -0.1) is 0 Å². The van der Waals surface area contributed by atoms with Gasteiger partial charge >= 0.3 is 0 Å². The standard InChI is InChI=1S/C17H21BrN2/c1-10-6-7-15(18)16(8-10)20-14(5)17-11(2)9-12(3)19-13(17)4/h6-9,14,20H,1-5H3. The summed E-state index contributed by atoms with van der Waals surface area (Å²) in [5, 5.41) is 3.58. The van der Waals surface area contributed by atoms with Crippen LogP contribution in [0.15, 0.2) is 28.7 Å². The molecule has 1 aromatic carbocycles. The summed E-state index contributed by atoms with van der Waals surface area (Å²) in [7, 11) is 0. The van der Waals surface area contributed by atoms with Crippen LogP contribution in [0.5, 0.6) is 0 Å². The van der Waals surface area contributed by atoms with Crippen LogP contribution in [0, 0.1) is 27.7 Å². The summed E-state index contributed by atoms with van der Waals surface area (Å²) >= 11 is 3.60. The average Bonchev–Trinajstić information content (AvgIpc) is 2.32. The molecule has 0 radical (unpaired) electrons. The largest absolute Gasteiger partial charge is 0.378 e. The number of aromatic nitrogens is 1. The van der Waals surface area contributed by atoms with Crippen LogP contribution in [0.1, 0.15) is 41.0 Å². The minimum Gasteiger partial charge on any atom is -0.378 e. The maximum absolute atomic E-state index is 4.59. The Bertz CT molecular complexity index is 612. The quantitative estimate of drug-likeness (QED) is 0.830. The predicted molar refractivity (Wildman–Crippen MR) is 89.4 cm³/mol. The zero-order valence-corrected chi connectivity index (χ0v) is 14.3. The van der Waals surface area contributed by atoms with Gasteiger partial charge in [0.15, 0.2) is 0 Å². The molecule has 2 rings (SSSR count). The monoisotopic (exact) mass is 332 g/mol. The van der Waals surface area contributed by atoms with E-state index in [1.165, 1.54) is 16.7 Å². The highest BCUT2D eigenvalue weighted by Crippen LogP contribution is 2.29. The summed E-state index contributed by atoms with van der Waals surface area (Å²) in [4.78, 5) is 4.59. The number of nitrogens with one attached hydrogen (secondary N) is 1.